The van der Waals surface area contributed by atoms with Crippen molar-refractivity contribution in [2.24, 2.45) is 0 Å². The Balaban J connectivity index is 1.42. The molecule has 3 aromatic heterocycles. The Kier molecular flexibility index (Phi) is 6.23. The van der Waals surface area contributed by atoms with Crippen molar-refractivity contribution in [3.63, 3.8) is 0 Å². The maximum atomic E-state index is 12.8. The summed E-state index contributed by atoms with van der Waals surface area (Å²) in [6, 6.07) is 15.0. The van der Waals surface area contributed by atoms with Crippen molar-refractivity contribution in [2.75, 3.05) is 10.0 Å². The molecule has 0 bridgehead atoms. The quantitative estimate of drug-likeness (QED) is 0.248. The summed E-state index contributed by atoms with van der Waals surface area (Å²) in [7, 11) is -3.83. The van der Waals surface area contributed by atoms with Gasteiger partial charge in [0.1, 0.15) is 17.0 Å². The third-order valence-electron chi connectivity index (χ3n) is 6.07. The van der Waals surface area contributed by atoms with Gasteiger partial charge in [0.25, 0.3) is 10.0 Å². The number of hydrogen-bond acceptors (Lipinski definition) is 8. The van der Waals surface area contributed by atoms with Crippen LogP contribution in [0.3, 0.4) is 0 Å². The number of hydrogen-bond donors (Lipinski definition) is 2. The first kappa shape index (κ1) is 24.0. The molecule has 0 atom stereocenters. The predicted octanol–water partition coefficient (Wildman–Crippen LogP) is 6.63. The van der Waals surface area contributed by atoms with E-state index in [1.807, 2.05) is 0 Å². The minimum Gasteiger partial charge on any atom is -0.340 e. The van der Waals surface area contributed by atoms with Crippen LogP contribution in [-0.4, -0.2) is 23.5 Å². The maximum absolute atomic E-state index is 12.8. The lowest BCUT2D eigenvalue weighted by atomic mass is 9.99. The Hall–Kier alpha value is -3.76. The van der Waals surface area contributed by atoms with Gasteiger partial charge in [-0.25, -0.2) is 23.1 Å². The number of anilines is 3. The van der Waals surface area contributed by atoms with E-state index in [2.05, 4.69) is 68.7 Å². The van der Waals surface area contributed by atoms with Crippen LogP contribution in [0.1, 0.15) is 36.6 Å². The molecule has 2 N–H and O–H groups in total. The highest BCUT2D eigenvalue weighted by Crippen LogP contribution is 2.38. The molecule has 8 nitrogen and oxygen atoms in total. The zero-order valence-corrected chi connectivity index (χ0v) is 21.9. The molecule has 36 heavy (non-hydrogen) atoms. The predicted molar refractivity (Wildman–Crippen MR) is 143 cm³/mol. The largest absolute Gasteiger partial charge is 0.340 e. The van der Waals surface area contributed by atoms with Crippen molar-refractivity contribution < 1.29 is 12.9 Å². The summed E-state index contributed by atoms with van der Waals surface area (Å²) >= 11 is 1.56. The Labute approximate surface area is 213 Å². The molecular formula is C26H25N5O3S2. The highest BCUT2D eigenvalue weighted by Gasteiger charge is 2.19. The fourth-order valence-corrected chi connectivity index (χ4v) is 5.74. The van der Waals surface area contributed by atoms with Crippen LogP contribution in [0.2, 0.25) is 0 Å². The molecular weight excluding hydrogens is 494 g/mol. The summed E-state index contributed by atoms with van der Waals surface area (Å²) in [5.41, 5.74) is 5.41. The average molecular weight is 520 g/mol. The van der Waals surface area contributed by atoms with Crippen LogP contribution < -0.4 is 10.0 Å². The number of fused-ring (bicyclic) bond motifs is 1. The molecule has 3 heterocycles. The second kappa shape index (κ2) is 9.36. The van der Waals surface area contributed by atoms with Crippen molar-refractivity contribution in [3.8, 4) is 11.1 Å². The van der Waals surface area contributed by atoms with E-state index in [0.717, 1.165) is 21.3 Å². The fourth-order valence-electron chi connectivity index (χ4n) is 3.78. The highest BCUT2D eigenvalue weighted by molar-refractivity contribution is 7.92. The molecule has 0 aliphatic carbocycles. The van der Waals surface area contributed by atoms with Crippen molar-refractivity contribution in [1.29, 1.82) is 0 Å². The van der Waals surface area contributed by atoms with Gasteiger partial charge >= 0.3 is 0 Å². The molecule has 0 saturated heterocycles. The SMILES string of the molecule is Cc1noc(NS(=O)(=O)c2ccc(Nc3ncnc4scc(-c5ccc(C(C)C)cc5)c34)cc2)c1C. The number of rotatable bonds is 7. The Morgan fingerprint density at radius 3 is 2.33 bits per heavy atom. The first-order valence-corrected chi connectivity index (χ1v) is 13.7. The van der Waals surface area contributed by atoms with E-state index in [-0.39, 0.29) is 10.8 Å². The smallest absolute Gasteiger partial charge is 0.264 e. The van der Waals surface area contributed by atoms with E-state index < -0.39 is 10.0 Å². The van der Waals surface area contributed by atoms with Crippen LogP contribution in [0.15, 0.2) is 69.7 Å². The van der Waals surface area contributed by atoms with Crippen molar-refractivity contribution in [2.45, 2.75) is 38.5 Å². The molecule has 184 valence electrons. The zero-order valence-electron chi connectivity index (χ0n) is 20.2. The lowest BCUT2D eigenvalue weighted by Crippen LogP contribution is -2.13. The molecule has 0 unspecified atom stereocenters. The van der Waals surface area contributed by atoms with Crippen LogP contribution in [0, 0.1) is 13.8 Å². The number of nitrogens with one attached hydrogen (secondary N) is 2. The summed E-state index contributed by atoms with van der Waals surface area (Å²) in [5.74, 6) is 1.24. The average Bonchev–Trinajstić information content (AvgIpc) is 3.44. The van der Waals surface area contributed by atoms with Crippen molar-refractivity contribution >= 4 is 49.0 Å². The molecule has 0 saturated carbocycles. The summed E-state index contributed by atoms with van der Waals surface area (Å²) in [6.45, 7) is 7.85. The van der Waals surface area contributed by atoms with Crippen molar-refractivity contribution in [1.82, 2.24) is 15.1 Å². The minimum atomic E-state index is -3.83. The number of aryl methyl sites for hydroxylation is 1. The van der Waals surface area contributed by atoms with Gasteiger partial charge in [0.05, 0.1) is 16.0 Å². The van der Waals surface area contributed by atoms with E-state index in [9.17, 15) is 8.42 Å². The Morgan fingerprint density at radius 2 is 1.69 bits per heavy atom. The summed E-state index contributed by atoms with van der Waals surface area (Å²) in [5, 5.41) is 10.1. The van der Waals surface area contributed by atoms with E-state index in [4.69, 9.17) is 4.52 Å². The zero-order chi connectivity index (χ0) is 25.4. The molecule has 5 rings (SSSR count). The first-order chi connectivity index (χ1) is 17.2. The van der Waals surface area contributed by atoms with E-state index in [0.29, 0.717) is 28.7 Å². The number of sulfonamides is 1. The van der Waals surface area contributed by atoms with Gasteiger partial charge in [-0.2, -0.15) is 0 Å². The lowest BCUT2D eigenvalue weighted by Gasteiger charge is -2.11. The number of nitrogens with zero attached hydrogens (tertiary/aromatic N) is 3. The van der Waals surface area contributed by atoms with Crippen LogP contribution >= 0.6 is 11.3 Å². The molecule has 0 amide bonds. The Bertz CT molecular complexity index is 1640. The first-order valence-electron chi connectivity index (χ1n) is 11.4. The van der Waals surface area contributed by atoms with Gasteiger partial charge in [-0.3, -0.25) is 0 Å². The summed E-state index contributed by atoms with van der Waals surface area (Å²) < 4.78 is 33.1. The molecule has 0 radical (unpaired) electrons. The standard InChI is InChI=1S/C26H25N5O3S2/c1-15(2)18-5-7-19(8-6-18)22-13-35-26-23(22)24(27-14-28-26)29-20-9-11-21(12-10-20)36(32,33)31-25-16(3)17(4)30-34-25/h5-15,31H,1-4H3,(H,27,28,29). The molecule has 0 spiro atoms. The van der Waals surface area contributed by atoms with Crippen LogP contribution in [0.25, 0.3) is 21.3 Å². The molecule has 0 aliphatic rings. The number of benzene rings is 2. The van der Waals surface area contributed by atoms with Gasteiger partial charge in [-0.05, 0) is 55.2 Å². The van der Waals surface area contributed by atoms with Crippen LogP contribution in [0.5, 0.6) is 0 Å². The van der Waals surface area contributed by atoms with Gasteiger partial charge < -0.3 is 9.84 Å². The van der Waals surface area contributed by atoms with Gasteiger partial charge in [0, 0.05) is 22.2 Å². The van der Waals surface area contributed by atoms with Crippen LogP contribution in [-0.2, 0) is 10.0 Å². The monoisotopic (exact) mass is 519 g/mol. The molecule has 5 aromatic rings. The Morgan fingerprint density at radius 1 is 0.972 bits per heavy atom. The third kappa shape index (κ3) is 4.57. The summed E-state index contributed by atoms with van der Waals surface area (Å²) in [6.07, 6.45) is 1.53. The van der Waals surface area contributed by atoms with Crippen LogP contribution in [0.4, 0.5) is 17.4 Å². The lowest BCUT2D eigenvalue weighted by molar-refractivity contribution is 0.430. The second-order valence-electron chi connectivity index (χ2n) is 8.81. The fraction of sp³-hybridized carbons (Fsp3) is 0.192. The van der Waals surface area contributed by atoms with E-state index in [1.54, 1.807) is 37.3 Å². The second-order valence-corrected chi connectivity index (χ2v) is 11.3. The molecule has 0 aliphatic heterocycles. The third-order valence-corrected chi connectivity index (χ3v) is 8.30. The van der Waals surface area contributed by atoms with E-state index >= 15 is 0 Å². The van der Waals surface area contributed by atoms with Crippen molar-refractivity contribution in [3.05, 3.63) is 77.1 Å². The van der Waals surface area contributed by atoms with Gasteiger partial charge in [0.2, 0.25) is 5.88 Å². The topological polar surface area (TPSA) is 110 Å². The maximum Gasteiger partial charge on any atom is 0.264 e. The minimum absolute atomic E-state index is 0.107. The van der Waals surface area contributed by atoms with Gasteiger partial charge in [-0.1, -0.05) is 43.3 Å². The molecule has 10 heteroatoms. The summed E-state index contributed by atoms with van der Waals surface area (Å²) in [4.78, 5) is 9.90. The molecule has 0 fully saturated rings. The van der Waals surface area contributed by atoms with Gasteiger partial charge in [-0.15, -0.1) is 11.3 Å². The normalized spacial score (nSPS) is 11.8. The highest BCUT2D eigenvalue weighted by atomic mass is 32.2. The van der Waals surface area contributed by atoms with E-state index in [1.165, 1.54) is 24.0 Å². The number of thiophene rings is 1. The number of aromatic nitrogens is 3. The molecule has 2 aromatic carbocycles. The van der Waals surface area contributed by atoms with Gasteiger partial charge in [0.15, 0.2) is 0 Å².